The number of fused-ring (bicyclic) bond motifs is 1. The maximum Gasteiger partial charge on any atom is 0.134 e. The van der Waals surface area contributed by atoms with Crippen LogP contribution in [0.5, 0.6) is 0 Å². The second kappa shape index (κ2) is 6.37. The molecule has 1 heteroatoms. The maximum atomic E-state index is 5.59. The van der Waals surface area contributed by atoms with Crippen molar-refractivity contribution in [3.63, 3.8) is 0 Å². The molecule has 1 heterocycles. The van der Waals surface area contributed by atoms with Crippen LogP contribution in [0.1, 0.15) is 44.9 Å². The van der Waals surface area contributed by atoms with Crippen molar-refractivity contribution in [1.82, 2.24) is 0 Å². The van der Waals surface area contributed by atoms with Crippen molar-refractivity contribution in [2.45, 2.75) is 47.0 Å². The van der Waals surface area contributed by atoms with E-state index in [0.29, 0.717) is 0 Å². The third kappa shape index (κ3) is 3.13. The van der Waals surface area contributed by atoms with E-state index in [1.807, 2.05) is 20.8 Å². The summed E-state index contributed by atoms with van der Waals surface area (Å²) in [7, 11) is 0. The summed E-state index contributed by atoms with van der Waals surface area (Å²) < 4.78 is 5.59. The Labute approximate surface area is 98.5 Å². The zero-order valence-corrected chi connectivity index (χ0v) is 10.8. The first-order valence-corrected chi connectivity index (χ1v) is 6.28. The summed E-state index contributed by atoms with van der Waals surface area (Å²) in [5.74, 6) is 0.993. The molecule has 0 saturated heterocycles. The first kappa shape index (κ1) is 12.8. The average molecular weight is 218 g/mol. The Balaban J connectivity index is 0.000000606. The number of hydrogen-bond donors (Lipinski definition) is 0. The fraction of sp³-hybridized carbons (Fsp3) is 0.467. The van der Waals surface area contributed by atoms with Crippen molar-refractivity contribution in [2.24, 2.45) is 0 Å². The van der Waals surface area contributed by atoms with Gasteiger partial charge in [0.1, 0.15) is 11.3 Å². The normalized spacial score (nSPS) is 10.0. The average Bonchev–Trinajstić information content (AvgIpc) is 2.68. The quantitative estimate of drug-likeness (QED) is 0.697. The summed E-state index contributed by atoms with van der Waals surface area (Å²) in [6, 6.07) is 8.60. The summed E-state index contributed by atoms with van der Waals surface area (Å²) in [6.45, 7) is 8.21. The van der Waals surface area contributed by atoms with Crippen LogP contribution in [0.3, 0.4) is 0 Å². The van der Waals surface area contributed by atoms with Crippen LogP contribution in [0.2, 0.25) is 0 Å². The van der Waals surface area contributed by atoms with E-state index in [-0.39, 0.29) is 0 Å². The van der Waals surface area contributed by atoms with Gasteiger partial charge in [-0.2, -0.15) is 0 Å². The monoisotopic (exact) mass is 218 g/mol. The topological polar surface area (TPSA) is 13.1 Å². The van der Waals surface area contributed by atoms with Crippen LogP contribution in [0.25, 0.3) is 11.0 Å². The van der Waals surface area contributed by atoms with Gasteiger partial charge < -0.3 is 4.42 Å². The Hall–Kier alpha value is -1.24. The highest BCUT2D eigenvalue weighted by Crippen LogP contribution is 2.20. The van der Waals surface area contributed by atoms with Crippen LogP contribution >= 0.6 is 0 Å². The van der Waals surface area contributed by atoms with Gasteiger partial charge in [0.15, 0.2) is 0 Å². The number of hydrogen-bond acceptors (Lipinski definition) is 1. The van der Waals surface area contributed by atoms with E-state index in [9.17, 15) is 0 Å². The molecule has 0 aliphatic rings. The fourth-order valence-electron chi connectivity index (χ4n) is 1.74. The number of benzene rings is 1. The van der Waals surface area contributed by atoms with E-state index < -0.39 is 0 Å². The highest BCUT2D eigenvalue weighted by molar-refractivity contribution is 5.78. The highest BCUT2D eigenvalue weighted by Gasteiger charge is 2.00. The molecule has 1 aromatic heterocycles. The first-order valence-electron chi connectivity index (χ1n) is 6.28. The molecule has 0 radical (unpaired) electrons. The SMILES string of the molecule is CC.CCCCc1ccc2cc(C)oc2c1. The molecule has 0 spiro atoms. The fourth-order valence-corrected chi connectivity index (χ4v) is 1.74. The van der Waals surface area contributed by atoms with Crippen LogP contribution in [-0.2, 0) is 6.42 Å². The van der Waals surface area contributed by atoms with E-state index in [2.05, 4.69) is 31.2 Å². The van der Waals surface area contributed by atoms with E-state index in [1.54, 1.807) is 0 Å². The summed E-state index contributed by atoms with van der Waals surface area (Å²) in [5, 5.41) is 1.21. The molecule has 1 nitrogen and oxygen atoms in total. The van der Waals surface area contributed by atoms with Crippen molar-refractivity contribution in [3.05, 3.63) is 35.6 Å². The van der Waals surface area contributed by atoms with E-state index >= 15 is 0 Å². The van der Waals surface area contributed by atoms with Crippen molar-refractivity contribution in [1.29, 1.82) is 0 Å². The molecule has 1 aromatic carbocycles. The second-order valence-electron chi connectivity index (χ2n) is 3.83. The first-order chi connectivity index (χ1) is 7.79. The summed E-state index contributed by atoms with van der Waals surface area (Å²) in [5.41, 5.74) is 2.41. The third-order valence-electron chi connectivity index (χ3n) is 2.53. The molecular weight excluding hydrogens is 196 g/mol. The molecule has 0 aliphatic heterocycles. The lowest BCUT2D eigenvalue weighted by atomic mass is 10.1. The maximum absolute atomic E-state index is 5.59. The molecule has 0 amide bonds. The minimum absolute atomic E-state index is 0.993. The molecule has 0 atom stereocenters. The Morgan fingerprint density at radius 3 is 2.56 bits per heavy atom. The molecule has 0 aliphatic carbocycles. The van der Waals surface area contributed by atoms with Gasteiger partial charge in [-0.05, 0) is 37.5 Å². The molecule has 88 valence electrons. The summed E-state index contributed by atoms with van der Waals surface area (Å²) in [4.78, 5) is 0. The van der Waals surface area contributed by atoms with Crippen LogP contribution < -0.4 is 0 Å². The lowest BCUT2D eigenvalue weighted by Crippen LogP contribution is -1.82. The zero-order chi connectivity index (χ0) is 12.0. The Kier molecular flexibility index (Phi) is 5.10. The lowest BCUT2D eigenvalue weighted by Gasteiger charge is -1.98. The molecule has 0 bridgehead atoms. The van der Waals surface area contributed by atoms with Gasteiger partial charge in [0.2, 0.25) is 0 Å². The largest absolute Gasteiger partial charge is 0.461 e. The molecule has 2 aromatic rings. The van der Waals surface area contributed by atoms with E-state index in [1.165, 1.54) is 23.8 Å². The summed E-state index contributed by atoms with van der Waals surface area (Å²) >= 11 is 0. The molecule has 2 rings (SSSR count). The third-order valence-corrected chi connectivity index (χ3v) is 2.53. The van der Waals surface area contributed by atoms with Crippen LogP contribution in [-0.4, -0.2) is 0 Å². The van der Waals surface area contributed by atoms with E-state index in [4.69, 9.17) is 4.42 Å². The molecule has 0 unspecified atom stereocenters. The smallest absolute Gasteiger partial charge is 0.134 e. The minimum Gasteiger partial charge on any atom is -0.461 e. The van der Waals surface area contributed by atoms with Gasteiger partial charge in [0.25, 0.3) is 0 Å². The number of unbranched alkanes of at least 4 members (excludes halogenated alkanes) is 1. The van der Waals surface area contributed by atoms with Gasteiger partial charge in [0.05, 0.1) is 0 Å². The number of aryl methyl sites for hydroxylation is 2. The van der Waals surface area contributed by atoms with Crippen molar-refractivity contribution < 1.29 is 4.42 Å². The predicted molar refractivity (Wildman–Crippen MR) is 70.9 cm³/mol. The minimum atomic E-state index is 0.993. The van der Waals surface area contributed by atoms with Gasteiger partial charge in [0, 0.05) is 5.39 Å². The molecule has 0 fully saturated rings. The highest BCUT2D eigenvalue weighted by atomic mass is 16.3. The van der Waals surface area contributed by atoms with E-state index in [0.717, 1.165) is 17.8 Å². The van der Waals surface area contributed by atoms with Crippen molar-refractivity contribution >= 4 is 11.0 Å². The Bertz CT molecular complexity index is 426. The van der Waals surface area contributed by atoms with Gasteiger partial charge in [-0.15, -0.1) is 0 Å². The predicted octanol–water partition coefficient (Wildman–Crippen LogP) is 5.11. The Morgan fingerprint density at radius 2 is 1.88 bits per heavy atom. The van der Waals surface area contributed by atoms with Crippen LogP contribution in [0.4, 0.5) is 0 Å². The standard InChI is InChI=1S/C13H16O.C2H6/c1-3-4-5-11-6-7-12-8-10(2)14-13(12)9-11;1-2/h6-9H,3-5H2,1-2H3;1-2H3. The molecule has 0 saturated carbocycles. The van der Waals surface area contributed by atoms with Gasteiger partial charge in [-0.1, -0.05) is 39.3 Å². The number of rotatable bonds is 3. The van der Waals surface area contributed by atoms with Crippen LogP contribution in [0.15, 0.2) is 28.7 Å². The Morgan fingerprint density at radius 1 is 1.12 bits per heavy atom. The zero-order valence-electron chi connectivity index (χ0n) is 10.8. The summed E-state index contributed by atoms with van der Waals surface area (Å²) in [6.07, 6.45) is 3.66. The van der Waals surface area contributed by atoms with Gasteiger partial charge in [-0.3, -0.25) is 0 Å². The lowest BCUT2D eigenvalue weighted by molar-refractivity contribution is 0.578. The van der Waals surface area contributed by atoms with Gasteiger partial charge >= 0.3 is 0 Å². The molecule has 0 N–H and O–H groups in total. The van der Waals surface area contributed by atoms with Crippen molar-refractivity contribution in [2.75, 3.05) is 0 Å². The molecular formula is C15H22O. The molecule has 16 heavy (non-hydrogen) atoms. The van der Waals surface area contributed by atoms with Gasteiger partial charge in [-0.25, -0.2) is 0 Å². The van der Waals surface area contributed by atoms with Crippen molar-refractivity contribution in [3.8, 4) is 0 Å². The number of furan rings is 1. The second-order valence-corrected chi connectivity index (χ2v) is 3.83. The van der Waals surface area contributed by atoms with Crippen LogP contribution in [0, 0.1) is 6.92 Å².